The maximum Gasteiger partial charge on any atom is 0.225 e. The lowest BCUT2D eigenvalue weighted by Gasteiger charge is -2.34. The summed E-state index contributed by atoms with van der Waals surface area (Å²) in [7, 11) is 0. The van der Waals surface area contributed by atoms with Crippen LogP contribution in [0.3, 0.4) is 0 Å². The maximum absolute atomic E-state index is 13.7. The molecule has 1 aliphatic rings. The average molecular weight is 400 g/mol. The summed E-state index contributed by atoms with van der Waals surface area (Å²) in [5.74, 6) is 1.43. The van der Waals surface area contributed by atoms with E-state index >= 15 is 0 Å². The molecule has 3 rings (SSSR count). The van der Waals surface area contributed by atoms with Crippen molar-refractivity contribution in [1.82, 2.24) is 25.5 Å². The van der Waals surface area contributed by atoms with Crippen LogP contribution < -0.4 is 15.5 Å². The first-order valence-electron chi connectivity index (χ1n) is 10.3. The Morgan fingerprint density at radius 1 is 1.07 bits per heavy atom. The Morgan fingerprint density at radius 3 is 2.55 bits per heavy atom. The minimum Gasteiger partial charge on any atom is -0.357 e. The van der Waals surface area contributed by atoms with Crippen LogP contribution in [-0.4, -0.2) is 73.2 Å². The van der Waals surface area contributed by atoms with Gasteiger partial charge in [0.2, 0.25) is 5.95 Å². The molecular formula is C21H30FN7. The van der Waals surface area contributed by atoms with Gasteiger partial charge in [-0.2, -0.15) is 0 Å². The molecule has 0 radical (unpaired) electrons. The summed E-state index contributed by atoms with van der Waals surface area (Å²) in [6.45, 7) is 8.91. The van der Waals surface area contributed by atoms with Crippen molar-refractivity contribution in [2.24, 2.45) is 4.99 Å². The van der Waals surface area contributed by atoms with Gasteiger partial charge in [0.1, 0.15) is 5.82 Å². The van der Waals surface area contributed by atoms with Gasteiger partial charge < -0.3 is 15.5 Å². The topological polar surface area (TPSA) is 68.7 Å². The number of aromatic nitrogens is 2. The van der Waals surface area contributed by atoms with Crippen LogP contribution in [0.25, 0.3) is 0 Å². The van der Waals surface area contributed by atoms with E-state index in [0.29, 0.717) is 13.0 Å². The minimum atomic E-state index is -0.156. The van der Waals surface area contributed by atoms with Crippen molar-refractivity contribution >= 4 is 11.9 Å². The quantitative estimate of drug-likeness (QED) is 0.518. The lowest BCUT2D eigenvalue weighted by atomic mass is 10.1. The van der Waals surface area contributed by atoms with Crippen LogP contribution in [0.15, 0.2) is 47.7 Å². The van der Waals surface area contributed by atoms with Gasteiger partial charge in [-0.3, -0.25) is 9.89 Å². The summed E-state index contributed by atoms with van der Waals surface area (Å²) in [5, 5.41) is 6.54. The van der Waals surface area contributed by atoms with Gasteiger partial charge in [0.25, 0.3) is 0 Å². The summed E-state index contributed by atoms with van der Waals surface area (Å²) < 4.78 is 13.7. The number of benzene rings is 1. The fourth-order valence-corrected chi connectivity index (χ4v) is 3.29. The Bertz CT molecular complexity index is 761. The van der Waals surface area contributed by atoms with Gasteiger partial charge in [-0.15, -0.1) is 0 Å². The van der Waals surface area contributed by atoms with E-state index < -0.39 is 0 Å². The summed E-state index contributed by atoms with van der Waals surface area (Å²) in [6, 6.07) is 8.73. The van der Waals surface area contributed by atoms with Gasteiger partial charge in [-0.1, -0.05) is 18.2 Å². The molecule has 2 heterocycles. The molecule has 0 amide bonds. The minimum absolute atomic E-state index is 0.156. The van der Waals surface area contributed by atoms with Crippen molar-refractivity contribution < 1.29 is 4.39 Å². The Labute approximate surface area is 172 Å². The van der Waals surface area contributed by atoms with E-state index in [9.17, 15) is 4.39 Å². The Balaban J connectivity index is 1.39. The van der Waals surface area contributed by atoms with E-state index in [2.05, 4.69) is 35.4 Å². The van der Waals surface area contributed by atoms with Gasteiger partial charge in [0, 0.05) is 58.2 Å². The molecule has 0 unspecified atom stereocenters. The third kappa shape index (κ3) is 6.67. The van der Waals surface area contributed by atoms with Crippen LogP contribution in [0.1, 0.15) is 12.5 Å². The van der Waals surface area contributed by atoms with Gasteiger partial charge >= 0.3 is 0 Å². The first-order chi connectivity index (χ1) is 14.3. The Kier molecular flexibility index (Phi) is 8.18. The van der Waals surface area contributed by atoms with E-state index in [1.54, 1.807) is 18.5 Å². The second-order valence-electron chi connectivity index (χ2n) is 6.91. The molecule has 0 atom stereocenters. The second-order valence-corrected chi connectivity index (χ2v) is 6.91. The van der Waals surface area contributed by atoms with Crippen molar-refractivity contribution in [3.8, 4) is 0 Å². The first kappa shape index (κ1) is 21.0. The van der Waals surface area contributed by atoms with Crippen LogP contribution in [0.4, 0.5) is 10.3 Å². The fraction of sp³-hybridized carbons (Fsp3) is 0.476. The zero-order chi connectivity index (χ0) is 20.3. The molecule has 1 aromatic carbocycles. The van der Waals surface area contributed by atoms with Gasteiger partial charge in [0.15, 0.2) is 5.96 Å². The predicted octanol–water partition coefficient (Wildman–Crippen LogP) is 1.54. The van der Waals surface area contributed by atoms with Crippen molar-refractivity contribution in [2.75, 3.05) is 57.3 Å². The molecule has 0 bridgehead atoms. The number of guanidine groups is 1. The number of halogens is 1. The highest BCUT2D eigenvalue weighted by molar-refractivity contribution is 5.79. The van der Waals surface area contributed by atoms with Crippen molar-refractivity contribution in [1.29, 1.82) is 0 Å². The van der Waals surface area contributed by atoms with Crippen LogP contribution in [0.2, 0.25) is 0 Å². The SMILES string of the molecule is CCNC(=NCCN1CCN(c2ncccn2)CC1)NCCc1ccccc1F. The zero-order valence-electron chi connectivity index (χ0n) is 17.0. The van der Waals surface area contributed by atoms with E-state index in [4.69, 9.17) is 0 Å². The molecule has 0 aliphatic carbocycles. The van der Waals surface area contributed by atoms with Gasteiger partial charge in [-0.05, 0) is 31.0 Å². The van der Waals surface area contributed by atoms with Crippen molar-refractivity contribution in [2.45, 2.75) is 13.3 Å². The lowest BCUT2D eigenvalue weighted by Crippen LogP contribution is -2.47. The molecule has 7 nitrogen and oxygen atoms in total. The third-order valence-corrected chi connectivity index (χ3v) is 4.88. The molecule has 2 N–H and O–H groups in total. The van der Waals surface area contributed by atoms with E-state index in [-0.39, 0.29) is 5.82 Å². The molecule has 1 aromatic heterocycles. The van der Waals surface area contributed by atoms with Crippen molar-refractivity contribution in [3.63, 3.8) is 0 Å². The zero-order valence-corrected chi connectivity index (χ0v) is 17.0. The standard InChI is InChI=1S/C21H30FN7/c1-2-23-20(24-11-8-18-6-3-4-7-19(18)22)25-12-13-28-14-16-29(17-15-28)21-26-9-5-10-27-21/h3-7,9-10H,2,8,11-17H2,1H3,(H2,23,24,25). The monoisotopic (exact) mass is 399 g/mol. The second kappa shape index (κ2) is 11.3. The predicted molar refractivity (Wildman–Crippen MR) is 115 cm³/mol. The van der Waals surface area contributed by atoms with Gasteiger partial charge in [0.05, 0.1) is 6.54 Å². The number of anilines is 1. The Hall–Kier alpha value is -2.74. The molecule has 8 heteroatoms. The van der Waals surface area contributed by atoms with Gasteiger partial charge in [-0.25, -0.2) is 14.4 Å². The summed E-state index contributed by atoms with van der Waals surface area (Å²) >= 11 is 0. The van der Waals surface area contributed by atoms with E-state index in [0.717, 1.165) is 63.3 Å². The molecule has 1 saturated heterocycles. The average Bonchev–Trinajstić information content (AvgIpc) is 2.76. The van der Waals surface area contributed by atoms with Crippen molar-refractivity contribution in [3.05, 3.63) is 54.1 Å². The largest absolute Gasteiger partial charge is 0.357 e. The van der Waals surface area contributed by atoms with E-state index in [1.165, 1.54) is 6.07 Å². The van der Waals surface area contributed by atoms with Crippen LogP contribution >= 0.6 is 0 Å². The normalized spacial score (nSPS) is 15.4. The summed E-state index contributed by atoms with van der Waals surface area (Å²) in [5.41, 5.74) is 0.719. The molecule has 29 heavy (non-hydrogen) atoms. The van der Waals surface area contributed by atoms with Crippen LogP contribution in [0, 0.1) is 5.82 Å². The van der Waals surface area contributed by atoms with E-state index in [1.807, 2.05) is 25.1 Å². The highest BCUT2D eigenvalue weighted by Gasteiger charge is 2.18. The first-order valence-corrected chi connectivity index (χ1v) is 10.3. The third-order valence-electron chi connectivity index (χ3n) is 4.88. The number of nitrogens with one attached hydrogen (secondary N) is 2. The number of rotatable bonds is 8. The molecule has 1 aliphatic heterocycles. The molecular weight excluding hydrogens is 369 g/mol. The number of piperazine rings is 1. The number of nitrogens with zero attached hydrogens (tertiary/aromatic N) is 5. The lowest BCUT2D eigenvalue weighted by molar-refractivity contribution is 0.263. The van der Waals surface area contributed by atoms with Crippen LogP contribution in [-0.2, 0) is 6.42 Å². The number of hydrogen-bond donors (Lipinski definition) is 2. The molecule has 156 valence electrons. The number of hydrogen-bond acceptors (Lipinski definition) is 5. The fourth-order valence-electron chi connectivity index (χ4n) is 3.29. The Morgan fingerprint density at radius 2 is 1.83 bits per heavy atom. The summed E-state index contributed by atoms with van der Waals surface area (Å²) in [6.07, 6.45) is 4.19. The molecule has 0 spiro atoms. The molecule has 1 fully saturated rings. The molecule has 0 saturated carbocycles. The smallest absolute Gasteiger partial charge is 0.225 e. The number of aliphatic imine (C=N–C) groups is 1. The molecule has 2 aromatic rings. The highest BCUT2D eigenvalue weighted by atomic mass is 19.1. The maximum atomic E-state index is 13.7. The van der Waals surface area contributed by atoms with Crippen LogP contribution in [0.5, 0.6) is 0 Å². The summed E-state index contributed by atoms with van der Waals surface area (Å²) in [4.78, 5) is 17.9. The highest BCUT2D eigenvalue weighted by Crippen LogP contribution is 2.09.